The number of aromatic nitrogens is 1. The van der Waals surface area contributed by atoms with Gasteiger partial charge in [0.15, 0.2) is 0 Å². The molecular formula is C11H9N3O3. The first-order valence-electron chi connectivity index (χ1n) is 4.78. The average Bonchev–Trinajstić information content (AvgIpc) is 2.30. The summed E-state index contributed by atoms with van der Waals surface area (Å²) < 4.78 is 5.45. The molecule has 2 aromatic rings. The van der Waals surface area contributed by atoms with Crippen molar-refractivity contribution in [2.24, 2.45) is 0 Å². The summed E-state index contributed by atoms with van der Waals surface area (Å²) in [5, 5.41) is 10.6. The molecule has 0 fully saturated rings. The number of hydrogen-bond acceptors (Lipinski definition) is 5. The van der Waals surface area contributed by atoms with Crippen LogP contribution in [0.15, 0.2) is 42.7 Å². The fourth-order valence-electron chi connectivity index (χ4n) is 1.30. The Morgan fingerprint density at radius 1 is 1.18 bits per heavy atom. The molecule has 2 N–H and O–H groups in total. The molecular weight excluding hydrogens is 222 g/mol. The number of hydrogen-bond donors (Lipinski definition) is 1. The van der Waals surface area contributed by atoms with E-state index >= 15 is 0 Å². The Bertz CT molecular complexity index is 543. The molecule has 0 amide bonds. The van der Waals surface area contributed by atoms with Crippen LogP contribution in [0, 0.1) is 10.1 Å². The zero-order valence-electron chi connectivity index (χ0n) is 8.74. The van der Waals surface area contributed by atoms with Crippen LogP contribution in [-0.2, 0) is 0 Å². The highest BCUT2D eigenvalue weighted by Gasteiger charge is 2.11. The highest BCUT2D eigenvalue weighted by atomic mass is 16.6. The number of rotatable bonds is 3. The van der Waals surface area contributed by atoms with Gasteiger partial charge >= 0.3 is 0 Å². The second-order valence-corrected chi connectivity index (χ2v) is 3.26. The summed E-state index contributed by atoms with van der Waals surface area (Å²) in [6, 6.07) is 7.58. The van der Waals surface area contributed by atoms with Crippen molar-refractivity contribution in [2.75, 3.05) is 5.73 Å². The van der Waals surface area contributed by atoms with Gasteiger partial charge in [0.2, 0.25) is 0 Å². The van der Waals surface area contributed by atoms with Gasteiger partial charge in [-0.25, -0.2) is 0 Å². The summed E-state index contributed by atoms with van der Waals surface area (Å²) in [5.41, 5.74) is 5.48. The minimum atomic E-state index is -0.536. The zero-order chi connectivity index (χ0) is 12.3. The van der Waals surface area contributed by atoms with E-state index in [1.54, 1.807) is 24.5 Å². The molecule has 0 saturated carbocycles. The number of nitrogens with two attached hydrogens (primary N) is 1. The largest absolute Gasteiger partial charge is 0.457 e. The molecule has 1 heterocycles. The predicted molar refractivity (Wildman–Crippen MR) is 61.8 cm³/mol. The minimum absolute atomic E-state index is 0.0709. The Morgan fingerprint density at radius 3 is 2.47 bits per heavy atom. The summed E-state index contributed by atoms with van der Waals surface area (Å²) in [5.74, 6) is 1.03. The van der Waals surface area contributed by atoms with E-state index < -0.39 is 4.92 Å². The van der Waals surface area contributed by atoms with Crippen molar-refractivity contribution in [1.82, 2.24) is 4.98 Å². The molecule has 0 radical (unpaired) electrons. The third-order valence-electron chi connectivity index (χ3n) is 2.08. The molecule has 0 saturated heterocycles. The lowest BCUT2D eigenvalue weighted by Gasteiger charge is -2.05. The van der Waals surface area contributed by atoms with Crippen molar-refractivity contribution in [3.63, 3.8) is 0 Å². The summed E-state index contributed by atoms with van der Waals surface area (Å²) in [6.07, 6.45) is 3.17. The standard InChI is InChI=1S/C11H9N3O3/c12-10-7-9(1-2-11(10)14(15)16)17-8-3-5-13-6-4-8/h1-7H,12H2. The van der Waals surface area contributed by atoms with Gasteiger partial charge in [0.1, 0.15) is 17.2 Å². The molecule has 0 aliphatic carbocycles. The SMILES string of the molecule is Nc1cc(Oc2ccncc2)ccc1[N+](=O)[O-]. The quantitative estimate of drug-likeness (QED) is 0.497. The van der Waals surface area contributed by atoms with Crippen molar-refractivity contribution in [1.29, 1.82) is 0 Å². The number of pyridine rings is 1. The fraction of sp³-hybridized carbons (Fsp3) is 0. The van der Waals surface area contributed by atoms with Crippen molar-refractivity contribution < 1.29 is 9.66 Å². The maximum Gasteiger partial charge on any atom is 0.292 e. The molecule has 0 spiro atoms. The highest BCUT2D eigenvalue weighted by molar-refractivity contribution is 5.61. The molecule has 6 heteroatoms. The second-order valence-electron chi connectivity index (χ2n) is 3.26. The maximum atomic E-state index is 10.6. The van der Waals surface area contributed by atoms with E-state index in [2.05, 4.69) is 4.98 Å². The van der Waals surface area contributed by atoms with Gasteiger partial charge in [0.25, 0.3) is 5.69 Å². The Kier molecular flexibility index (Phi) is 2.87. The third-order valence-corrected chi connectivity index (χ3v) is 2.08. The molecule has 1 aromatic carbocycles. The highest BCUT2D eigenvalue weighted by Crippen LogP contribution is 2.28. The van der Waals surface area contributed by atoms with Crippen LogP contribution >= 0.6 is 0 Å². The molecule has 17 heavy (non-hydrogen) atoms. The first-order chi connectivity index (χ1) is 8.16. The summed E-state index contributed by atoms with van der Waals surface area (Å²) in [4.78, 5) is 13.9. The lowest BCUT2D eigenvalue weighted by Crippen LogP contribution is -1.95. The number of nitrogen functional groups attached to an aromatic ring is 1. The van der Waals surface area contributed by atoms with Crippen LogP contribution in [-0.4, -0.2) is 9.91 Å². The van der Waals surface area contributed by atoms with Crippen molar-refractivity contribution >= 4 is 11.4 Å². The van der Waals surface area contributed by atoms with Crippen molar-refractivity contribution in [2.45, 2.75) is 0 Å². The summed E-state index contributed by atoms with van der Waals surface area (Å²) in [6.45, 7) is 0. The molecule has 0 bridgehead atoms. The van der Waals surface area contributed by atoms with E-state index in [1.165, 1.54) is 18.2 Å². The molecule has 0 atom stereocenters. The number of nitro benzene ring substituents is 1. The normalized spacial score (nSPS) is 9.88. The molecule has 1 aromatic heterocycles. The lowest BCUT2D eigenvalue weighted by molar-refractivity contribution is -0.383. The first kappa shape index (κ1) is 10.9. The van der Waals surface area contributed by atoms with Gasteiger partial charge < -0.3 is 10.5 Å². The van der Waals surface area contributed by atoms with Crippen LogP contribution in [0.4, 0.5) is 11.4 Å². The van der Waals surface area contributed by atoms with E-state index in [9.17, 15) is 10.1 Å². The Morgan fingerprint density at radius 2 is 1.88 bits per heavy atom. The molecule has 0 aliphatic rings. The van der Waals surface area contributed by atoms with Crippen LogP contribution in [0.3, 0.4) is 0 Å². The van der Waals surface area contributed by atoms with Gasteiger partial charge in [0.05, 0.1) is 4.92 Å². The van der Waals surface area contributed by atoms with Crippen molar-refractivity contribution in [3.8, 4) is 11.5 Å². The number of benzene rings is 1. The first-order valence-corrected chi connectivity index (χ1v) is 4.78. The van der Waals surface area contributed by atoms with Gasteiger partial charge in [-0.05, 0) is 18.2 Å². The van der Waals surface area contributed by atoms with E-state index in [0.29, 0.717) is 11.5 Å². The van der Waals surface area contributed by atoms with E-state index in [1.807, 2.05) is 0 Å². The van der Waals surface area contributed by atoms with Crippen molar-refractivity contribution in [3.05, 3.63) is 52.8 Å². The van der Waals surface area contributed by atoms with Gasteiger partial charge in [-0.1, -0.05) is 0 Å². The molecule has 86 valence electrons. The predicted octanol–water partition coefficient (Wildman–Crippen LogP) is 2.36. The summed E-state index contributed by atoms with van der Waals surface area (Å²) >= 11 is 0. The molecule has 2 rings (SSSR count). The minimum Gasteiger partial charge on any atom is -0.457 e. The van der Waals surface area contributed by atoms with Crippen LogP contribution in [0.5, 0.6) is 11.5 Å². The van der Waals surface area contributed by atoms with Gasteiger partial charge in [-0.3, -0.25) is 15.1 Å². The van der Waals surface area contributed by atoms with Crippen LogP contribution in [0.2, 0.25) is 0 Å². The number of anilines is 1. The smallest absolute Gasteiger partial charge is 0.292 e. The van der Waals surface area contributed by atoms with Gasteiger partial charge in [0, 0.05) is 24.5 Å². The monoisotopic (exact) mass is 231 g/mol. The van der Waals surface area contributed by atoms with Crippen LogP contribution in [0.25, 0.3) is 0 Å². The molecule has 6 nitrogen and oxygen atoms in total. The third kappa shape index (κ3) is 2.49. The Hall–Kier alpha value is -2.63. The topological polar surface area (TPSA) is 91.3 Å². The number of nitrogens with zero attached hydrogens (tertiary/aromatic N) is 2. The number of nitro groups is 1. The molecule has 0 unspecified atom stereocenters. The lowest BCUT2D eigenvalue weighted by atomic mass is 10.2. The number of ether oxygens (including phenoxy) is 1. The fourth-order valence-corrected chi connectivity index (χ4v) is 1.30. The second kappa shape index (κ2) is 4.48. The Labute approximate surface area is 96.8 Å². The van der Waals surface area contributed by atoms with Gasteiger partial charge in [-0.2, -0.15) is 0 Å². The average molecular weight is 231 g/mol. The van der Waals surface area contributed by atoms with E-state index in [4.69, 9.17) is 10.5 Å². The van der Waals surface area contributed by atoms with Crippen LogP contribution in [0.1, 0.15) is 0 Å². The summed E-state index contributed by atoms with van der Waals surface area (Å²) in [7, 11) is 0. The zero-order valence-corrected chi connectivity index (χ0v) is 8.74. The van der Waals surface area contributed by atoms with Crippen LogP contribution < -0.4 is 10.5 Å². The van der Waals surface area contributed by atoms with E-state index in [-0.39, 0.29) is 11.4 Å². The van der Waals surface area contributed by atoms with E-state index in [0.717, 1.165) is 0 Å². The maximum absolute atomic E-state index is 10.6. The Balaban J connectivity index is 2.24. The van der Waals surface area contributed by atoms with Gasteiger partial charge in [-0.15, -0.1) is 0 Å². The molecule has 0 aliphatic heterocycles.